The van der Waals surface area contributed by atoms with Crippen molar-refractivity contribution in [1.82, 2.24) is 0 Å². The first-order chi connectivity index (χ1) is 8.07. The summed E-state index contributed by atoms with van der Waals surface area (Å²) in [6.07, 6.45) is 1.79. The van der Waals surface area contributed by atoms with E-state index in [2.05, 4.69) is 15.9 Å². The van der Waals surface area contributed by atoms with Gasteiger partial charge in [-0.3, -0.25) is 4.79 Å². The van der Waals surface area contributed by atoms with Crippen molar-refractivity contribution in [2.45, 2.75) is 18.4 Å². The highest BCUT2D eigenvalue weighted by Crippen LogP contribution is 2.52. The van der Waals surface area contributed by atoms with Crippen LogP contribution in [0.3, 0.4) is 0 Å². The molecular weight excluding hydrogens is 286 g/mol. The van der Waals surface area contributed by atoms with Crippen molar-refractivity contribution in [3.05, 3.63) is 28.2 Å². The van der Waals surface area contributed by atoms with E-state index in [0.29, 0.717) is 0 Å². The molecule has 4 nitrogen and oxygen atoms in total. The van der Waals surface area contributed by atoms with Gasteiger partial charge in [0.2, 0.25) is 5.91 Å². The Bertz CT molecular complexity index is 443. The van der Waals surface area contributed by atoms with E-state index in [1.165, 1.54) is 0 Å². The van der Waals surface area contributed by atoms with Gasteiger partial charge in [-0.05, 0) is 31.0 Å². The van der Waals surface area contributed by atoms with Crippen molar-refractivity contribution in [3.63, 3.8) is 0 Å². The maximum Gasteiger partial charge on any atom is 0.243 e. The fourth-order valence-electron chi connectivity index (χ4n) is 1.79. The standard InChI is InChI=1S/C12H14BrNO3/c1-16-8-2-3-10(13)9(6-8)12(4-5-12)17-7-11(14)15/h2-3,6H,4-5,7H2,1H3,(H2,14,15). The van der Waals surface area contributed by atoms with Crippen molar-refractivity contribution in [1.29, 1.82) is 0 Å². The number of carbonyl (C=O) groups is 1. The highest BCUT2D eigenvalue weighted by molar-refractivity contribution is 9.10. The number of rotatable bonds is 5. The lowest BCUT2D eigenvalue weighted by atomic mass is 10.1. The van der Waals surface area contributed by atoms with E-state index in [1.807, 2.05) is 18.2 Å². The molecule has 2 rings (SSSR count). The van der Waals surface area contributed by atoms with Crippen molar-refractivity contribution >= 4 is 21.8 Å². The molecule has 1 aromatic carbocycles. The lowest BCUT2D eigenvalue weighted by Crippen LogP contribution is -2.23. The normalized spacial score (nSPS) is 16.6. The van der Waals surface area contributed by atoms with E-state index >= 15 is 0 Å². The zero-order chi connectivity index (χ0) is 12.5. The van der Waals surface area contributed by atoms with Crippen LogP contribution in [0.4, 0.5) is 0 Å². The summed E-state index contributed by atoms with van der Waals surface area (Å²) in [4.78, 5) is 10.8. The molecule has 17 heavy (non-hydrogen) atoms. The lowest BCUT2D eigenvalue weighted by Gasteiger charge is -2.18. The molecule has 1 saturated carbocycles. The molecule has 0 heterocycles. The molecule has 0 radical (unpaired) electrons. The van der Waals surface area contributed by atoms with Gasteiger partial charge in [-0.2, -0.15) is 0 Å². The van der Waals surface area contributed by atoms with Gasteiger partial charge in [0.05, 0.1) is 12.7 Å². The summed E-state index contributed by atoms with van der Waals surface area (Å²) in [6, 6.07) is 5.72. The number of hydrogen-bond donors (Lipinski definition) is 1. The number of ether oxygens (including phenoxy) is 2. The molecule has 0 unspecified atom stereocenters. The maximum atomic E-state index is 10.8. The molecule has 0 saturated heterocycles. The largest absolute Gasteiger partial charge is 0.497 e. The zero-order valence-corrected chi connectivity index (χ0v) is 11.1. The molecule has 1 fully saturated rings. The SMILES string of the molecule is COc1ccc(Br)c(C2(OCC(N)=O)CC2)c1. The van der Waals surface area contributed by atoms with Crippen molar-refractivity contribution < 1.29 is 14.3 Å². The van der Waals surface area contributed by atoms with Crippen molar-refractivity contribution in [2.24, 2.45) is 5.73 Å². The van der Waals surface area contributed by atoms with E-state index in [0.717, 1.165) is 28.6 Å². The predicted molar refractivity (Wildman–Crippen MR) is 66.8 cm³/mol. The summed E-state index contributed by atoms with van der Waals surface area (Å²) in [5.41, 5.74) is 5.74. The number of hydrogen-bond acceptors (Lipinski definition) is 3. The van der Waals surface area contributed by atoms with Crippen LogP contribution >= 0.6 is 15.9 Å². The Labute approximate surface area is 108 Å². The first-order valence-corrected chi connectivity index (χ1v) is 6.13. The fourth-order valence-corrected chi connectivity index (χ4v) is 2.40. The number of benzene rings is 1. The van der Waals surface area contributed by atoms with Gasteiger partial charge in [0.1, 0.15) is 12.4 Å². The maximum absolute atomic E-state index is 10.8. The Kier molecular flexibility index (Phi) is 3.40. The minimum Gasteiger partial charge on any atom is -0.497 e. The molecule has 1 aliphatic rings. The van der Waals surface area contributed by atoms with Gasteiger partial charge in [-0.1, -0.05) is 15.9 Å². The van der Waals surface area contributed by atoms with Crippen molar-refractivity contribution in [2.75, 3.05) is 13.7 Å². The van der Waals surface area contributed by atoms with Gasteiger partial charge in [-0.15, -0.1) is 0 Å². The van der Waals surface area contributed by atoms with Crippen LogP contribution in [-0.2, 0) is 15.1 Å². The second-order valence-corrected chi connectivity index (χ2v) is 4.95. The van der Waals surface area contributed by atoms with Gasteiger partial charge in [0.25, 0.3) is 0 Å². The van der Waals surface area contributed by atoms with Crippen molar-refractivity contribution in [3.8, 4) is 5.75 Å². The van der Waals surface area contributed by atoms with Crippen LogP contribution < -0.4 is 10.5 Å². The number of halogens is 1. The molecule has 5 heteroatoms. The highest BCUT2D eigenvalue weighted by Gasteiger charge is 2.47. The molecule has 92 valence electrons. The van der Waals surface area contributed by atoms with E-state index in [1.54, 1.807) is 7.11 Å². The summed E-state index contributed by atoms with van der Waals surface area (Å²) < 4.78 is 11.8. The Morgan fingerprint density at radius 2 is 2.24 bits per heavy atom. The number of methoxy groups -OCH3 is 1. The first kappa shape index (κ1) is 12.4. The number of primary amides is 1. The monoisotopic (exact) mass is 299 g/mol. The lowest BCUT2D eigenvalue weighted by molar-refractivity contribution is -0.125. The first-order valence-electron chi connectivity index (χ1n) is 5.34. The minimum absolute atomic E-state index is 0.0519. The molecule has 0 aromatic heterocycles. The number of nitrogens with two attached hydrogens (primary N) is 1. The van der Waals surface area contributed by atoms with Gasteiger partial charge < -0.3 is 15.2 Å². The quantitative estimate of drug-likeness (QED) is 0.904. The fraction of sp³-hybridized carbons (Fsp3) is 0.417. The smallest absolute Gasteiger partial charge is 0.243 e. The van der Waals surface area contributed by atoms with Gasteiger partial charge in [0.15, 0.2) is 0 Å². The second kappa shape index (κ2) is 4.66. The van der Waals surface area contributed by atoms with Crippen LogP contribution in [0.5, 0.6) is 5.75 Å². The van der Waals surface area contributed by atoms with Crippen LogP contribution in [0.25, 0.3) is 0 Å². The van der Waals surface area contributed by atoms with Gasteiger partial charge in [0, 0.05) is 10.0 Å². The second-order valence-electron chi connectivity index (χ2n) is 4.10. The van der Waals surface area contributed by atoms with Crippen LogP contribution in [0.2, 0.25) is 0 Å². The molecule has 1 aliphatic carbocycles. The Hall–Kier alpha value is -1.07. The van der Waals surface area contributed by atoms with E-state index in [-0.39, 0.29) is 12.2 Å². The molecule has 0 bridgehead atoms. The Balaban J connectivity index is 2.23. The third-order valence-corrected chi connectivity index (χ3v) is 3.55. The van der Waals surface area contributed by atoms with E-state index in [9.17, 15) is 4.79 Å². The van der Waals surface area contributed by atoms with E-state index in [4.69, 9.17) is 15.2 Å². The average Bonchev–Trinajstić information content (AvgIpc) is 3.08. The molecule has 2 N–H and O–H groups in total. The molecule has 1 aromatic rings. The molecule has 0 aliphatic heterocycles. The average molecular weight is 300 g/mol. The third-order valence-electron chi connectivity index (χ3n) is 2.86. The summed E-state index contributed by atoms with van der Waals surface area (Å²) in [6.45, 7) is -0.0519. The topological polar surface area (TPSA) is 61.6 Å². The van der Waals surface area contributed by atoms with E-state index < -0.39 is 5.91 Å². The minimum atomic E-state index is -0.449. The summed E-state index contributed by atoms with van der Waals surface area (Å²) in [5.74, 6) is 0.326. The van der Waals surface area contributed by atoms with Crippen LogP contribution in [0.15, 0.2) is 22.7 Å². The predicted octanol–water partition coefficient (Wildman–Crippen LogP) is 1.95. The van der Waals surface area contributed by atoms with Gasteiger partial charge >= 0.3 is 0 Å². The van der Waals surface area contributed by atoms with Crippen LogP contribution in [-0.4, -0.2) is 19.6 Å². The summed E-state index contributed by atoms with van der Waals surface area (Å²) in [7, 11) is 1.62. The molecule has 1 amide bonds. The highest BCUT2D eigenvalue weighted by atomic mass is 79.9. The Morgan fingerprint density at radius 3 is 2.76 bits per heavy atom. The summed E-state index contributed by atoms with van der Waals surface area (Å²) >= 11 is 3.49. The molecule has 0 atom stereocenters. The van der Waals surface area contributed by atoms with Crippen LogP contribution in [0.1, 0.15) is 18.4 Å². The summed E-state index contributed by atoms with van der Waals surface area (Å²) in [5, 5.41) is 0. The third kappa shape index (κ3) is 2.61. The molecule has 0 spiro atoms. The van der Waals surface area contributed by atoms with Gasteiger partial charge in [-0.25, -0.2) is 0 Å². The Morgan fingerprint density at radius 1 is 1.53 bits per heavy atom. The number of carbonyl (C=O) groups excluding carboxylic acids is 1. The molecular formula is C12H14BrNO3. The number of amides is 1. The zero-order valence-electron chi connectivity index (χ0n) is 9.53. The van der Waals surface area contributed by atoms with Crippen LogP contribution in [0, 0.1) is 0 Å².